The van der Waals surface area contributed by atoms with Crippen LogP contribution in [0.4, 0.5) is 11.4 Å². The molecule has 0 atom stereocenters. The Morgan fingerprint density at radius 1 is 1.14 bits per heavy atom. The lowest BCUT2D eigenvalue weighted by molar-refractivity contribution is 0.0988. The average molecular weight is 405 g/mol. The van der Waals surface area contributed by atoms with E-state index >= 15 is 0 Å². The molecule has 2 aliphatic heterocycles. The van der Waals surface area contributed by atoms with E-state index in [9.17, 15) is 4.79 Å². The summed E-state index contributed by atoms with van der Waals surface area (Å²) in [6.45, 7) is 1.18. The summed E-state index contributed by atoms with van der Waals surface area (Å²) < 4.78 is 1.03. The standard InChI is InChI=1S/C16H12IN3O2/c17-11-6-7-14-13(10-11)15(21)20(12-4-2-1-3-5-12)16-18-22-9-8-19(14)16/h1-7,10H,8-9H2. The fourth-order valence-electron chi connectivity index (χ4n) is 2.71. The number of nitrogens with zero attached hydrogens (tertiary/aromatic N) is 3. The van der Waals surface area contributed by atoms with E-state index in [2.05, 4.69) is 27.7 Å². The maximum absolute atomic E-state index is 13.0. The Morgan fingerprint density at radius 3 is 2.77 bits per heavy atom. The quantitative estimate of drug-likeness (QED) is 0.686. The van der Waals surface area contributed by atoms with Gasteiger partial charge in [0.25, 0.3) is 11.9 Å². The van der Waals surface area contributed by atoms with Gasteiger partial charge in [-0.15, -0.1) is 0 Å². The minimum absolute atomic E-state index is 0.0831. The average Bonchev–Trinajstić information content (AvgIpc) is 2.56. The number of hydrogen-bond donors (Lipinski definition) is 0. The molecule has 0 bridgehead atoms. The molecule has 2 aromatic carbocycles. The van der Waals surface area contributed by atoms with Gasteiger partial charge in [-0.1, -0.05) is 18.2 Å². The number of anilines is 2. The second-order valence-corrected chi connectivity index (χ2v) is 6.26. The Labute approximate surface area is 141 Å². The molecule has 2 heterocycles. The van der Waals surface area contributed by atoms with E-state index in [1.54, 1.807) is 4.90 Å². The first-order valence-corrected chi connectivity index (χ1v) is 8.00. The third kappa shape index (κ3) is 2.06. The zero-order valence-electron chi connectivity index (χ0n) is 11.6. The number of guanidine groups is 1. The summed E-state index contributed by atoms with van der Waals surface area (Å²) in [6, 6.07) is 15.4. The van der Waals surface area contributed by atoms with Crippen molar-refractivity contribution < 1.29 is 9.63 Å². The number of carbonyl (C=O) groups excluding carboxylic acids is 1. The van der Waals surface area contributed by atoms with Gasteiger partial charge < -0.3 is 9.74 Å². The minimum atomic E-state index is -0.0831. The smallest absolute Gasteiger partial charge is 0.267 e. The van der Waals surface area contributed by atoms with Crippen molar-refractivity contribution in [3.8, 4) is 0 Å². The van der Waals surface area contributed by atoms with E-state index in [0.29, 0.717) is 24.7 Å². The lowest BCUT2D eigenvalue weighted by Gasteiger charge is -2.39. The Bertz CT molecular complexity index is 776. The lowest BCUT2D eigenvalue weighted by Crippen LogP contribution is -2.55. The number of oxime groups is 1. The third-order valence-corrected chi connectivity index (χ3v) is 4.36. The number of hydrogen-bond acceptors (Lipinski definition) is 4. The fourth-order valence-corrected chi connectivity index (χ4v) is 3.20. The SMILES string of the molecule is O=C1c2cc(I)ccc2N2CCON=C2N1c1ccccc1. The third-order valence-electron chi connectivity index (χ3n) is 3.69. The molecule has 0 saturated carbocycles. The first-order chi connectivity index (χ1) is 10.8. The zero-order chi connectivity index (χ0) is 15.1. The van der Waals surface area contributed by atoms with E-state index in [1.807, 2.05) is 53.4 Å². The summed E-state index contributed by atoms with van der Waals surface area (Å²) in [7, 11) is 0. The summed E-state index contributed by atoms with van der Waals surface area (Å²) in [5.74, 6) is 0.441. The zero-order valence-corrected chi connectivity index (χ0v) is 13.7. The largest absolute Gasteiger partial charge is 0.391 e. The van der Waals surface area contributed by atoms with Crippen molar-refractivity contribution in [1.82, 2.24) is 0 Å². The number of carbonyl (C=O) groups is 1. The van der Waals surface area contributed by atoms with Crippen LogP contribution in [-0.4, -0.2) is 25.0 Å². The molecule has 0 saturated heterocycles. The molecular weight excluding hydrogens is 393 g/mol. The van der Waals surface area contributed by atoms with Gasteiger partial charge in [-0.25, -0.2) is 4.90 Å². The molecule has 4 rings (SSSR count). The van der Waals surface area contributed by atoms with Gasteiger partial charge in [0.1, 0.15) is 6.61 Å². The van der Waals surface area contributed by atoms with Crippen LogP contribution in [0.5, 0.6) is 0 Å². The molecule has 110 valence electrons. The highest BCUT2D eigenvalue weighted by Crippen LogP contribution is 2.33. The Morgan fingerprint density at radius 2 is 1.95 bits per heavy atom. The molecule has 22 heavy (non-hydrogen) atoms. The topological polar surface area (TPSA) is 45.1 Å². The van der Waals surface area contributed by atoms with E-state index in [4.69, 9.17) is 4.84 Å². The number of benzene rings is 2. The molecule has 0 N–H and O–H groups in total. The normalized spacial score (nSPS) is 16.6. The molecule has 0 radical (unpaired) electrons. The Balaban J connectivity index is 1.93. The second-order valence-electron chi connectivity index (χ2n) is 5.01. The highest BCUT2D eigenvalue weighted by molar-refractivity contribution is 14.1. The summed E-state index contributed by atoms with van der Waals surface area (Å²) in [6.07, 6.45) is 0. The fraction of sp³-hybridized carbons (Fsp3) is 0.125. The van der Waals surface area contributed by atoms with Crippen LogP contribution in [0, 0.1) is 3.57 Å². The first kappa shape index (κ1) is 13.6. The van der Waals surface area contributed by atoms with Gasteiger partial charge in [0, 0.05) is 3.57 Å². The van der Waals surface area contributed by atoms with Crippen LogP contribution >= 0.6 is 22.6 Å². The molecule has 0 fully saturated rings. The molecule has 6 heteroatoms. The van der Waals surface area contributed by atoms with Crippen molar-refractivity contribution in [1.29, 1.82) is 0 Å². The van der Waals surface area contributed by atoms with E-state index in [-0.39, 0.29) is 5.91 Å². The van der Waals surface area contributed by atoms with Gasteiger partial charge in [-0.2, -0.15) is 0 Å². The number of amides is 1. The molecule has 2 aromatic rings. The molecule has 2 aliphatic rings. The number of para-hydroxylation sites is 1. The second kappa shape index (κ2) is 5.28. The van der Waals surface area contributed by atoms with Gasteiger partial charge in [0.15, 0.2) is 0 Å². The van der Waals surface area contributed by atoms with Crippen LogP contribution in [0.25, 0.3) is 0 Å². The van der Waals surface area contributed by atoms with Crippen molar-refractivity contribution in [2.24, 2.45) is 5.16 Å². The van der Waals surface area contributed by atoms with Crippen LogP contribution in [-0.2, 0) is 4.84 Å². The van der Waals surface area contributed by atoms with Crippen LogP contribution < -0.4 is 9.80 Å². The summed E-state index contributed by atoms with van der Waals surface area (Å²) >= 11 is 2.22. The molecule has 5 nitrogen and oxygen atoms in total. The van der Waals surface area contributed by atoms with Crippen LogP contribution in [0.15, 0.2) is 53.7 Å². The minimum Gasteiger partial charge on any atom is -0.391 e. The lowest BCUT2D eigenvalue weighted by atomic mass is 10.1. The molecule has 0 spiro atoms. The van der Waals surface area contributed by atoms with E-state index in [0.717, 1.165) is 14.9 Å². The van der Waals surface area contributed by atoms with Crippen molar-refractivity contribution in [2.45, 2.75) is 0 Å². The highest BCUT2D eigenvalue weighted by atomic mass is 127. The van der Waals surface area contributed by atoms with Crippen molar-refractivity contribution in [3.63, 3.8) is 0 Å². The van der Waals surface area contributed by atoms with Gasteiger partial charge in [0.2, 0.25) is 0 Å². The number of rotatable bonds is 1. The molecule has 0 aliphatic carbocycles. The van der Waals surface area contributed by atoms with Gasteiger partial charge in [0.05, 0.1) is 23.5 Å². The van der Waals surface area contributed by atoms with E-state index in [1.165, 1.54) is 0 Å². The molecular formula is C16H12IN3O2. The maximum atomic E-state index is 13.0. The van der Waals surface area contributed by atoms with Crippen molar-refractivity contribution in [2.75, 3.05) is 23.0 Å². The van der Waals surface area contributed by atoms with Crippen LogP contribution in [0.1, 0.15) is 10.4 Å². The Kier molecular flexibility index (Phi) is 3.25. The number of halogens is 1. The predicted molar refractivity (Wildman–Crippen MR) is 93.1 cm³/mol. The highest BCUT2D eigenvalue weighted by Gasteiger charge is 2.38. The monoisotopic (exact) mass is 405 g/mol. The van der Waals surface area contributed by atoms with Crippen LogP contribution in [0.3, 0.4) is 0 Å². The molecule has 0 aromatic heterocycles. The summed E-state index contributed by atoms with van der Waals surface area (Å²) in [5.41, 5.74) is 2.36. The Hall–Kier alpha value is -2.09. The predicted octanol–water partition coefficient (Wildman–Crippen LogP) is 3.06. The number of fused-ring (bicyclic) bond motifs is 3. The molecule has 0 unspecified atom stereocenters. The van der Waals surface area contributed by atoms with Gasteiger partial charge >= 0.3 is 0 Å². The van der Waals surface area contributed by atoms with E-state index < -0.39 is 0 Å². The maximum Gasteiger partial charge on any atom is 0.267 e. The summed E-state index contributed by atoms with van der Waals surface area (Å²) in [4.78, 5) is 21.9. The van der Waals surface area contributed by atoms with Crippen LogP contribution in [0.2, 0.25) is 0 Å². The van der Waals surface area contributed by atoms with Gasteiger partial charge in [-0.3, -0.25) is 4.79 Å². The van der Waals surface area contributed by atoms with Crippen molar-refractivity contribution in [3.05, 3.63) is 57.7 Å². The summed E-state index contributed by atoms with van der Waals surface area (Å²) in [5, 5.41) is 4.13. The van der Waals surface area contributed by atoms with Crippen molar-refractivity contribution >= 4 is 45.8 Å². The van der Waals surface area contributed by atoms with Gasteiger partial charge in [-0.05, 0) is 58.1 Å². The first-order valence-electron chi connectivity index (χ1n) is 6.92. The molecule has 1 amide bonds.